The van der Waals surface area contributed by atoms with Crippen molar-refractivity contribution < 1.29 is 14.3 Å². The standard InChI is InChI=1S/C16H23NO3S/c1-2-6-17(9-14-5-8-21-13-14)10-15(18)11-19-12-16-4-3-7-20-16/h3-5,7-8,13,15,18H,2,6,9-12H2,1H3. The van der Waals surface area contributed by atoms with E-state index in [1.165, 1.54) is 5.56 Å². The average Bonchev–Trinajstić information content (AvgIpc) is 3.12. The zero-order chi connectivity index (χ0) is 14.9. The third kappa shape index (κ3) is 6.01. The Morgan fingerprint density at radius 3 is 3.00 bits per heavy atom. The summed E-state index contributed by atoms with van der Waals surface area (Å²) in [5, 5.41) is 14.3. The van der Waals surface area contributed by atoms with Crippen LogP contribution in [0.2, 0.25) is 0 Å². The van der Waals surface area contributed by atoms with E-state index in [4.69, 9.17) is 9.15 Å². The molecule has 2 aromatic rings. The fourth-order valence-corrected chi connectivity index (χ4v) is 2.89. The summed E-state index contributed by atoms with van der Waals surface area (Å²) in [5.41, 5.74) is 1.30. The maximum Gasteiger partial charge on any atom is 0.129 e. The first kappa shape index (κ1) is 16.2. The molecule has 2 heterocycles. The molecule has 2 aromatic heterocycles. The van der Waals surface area contributed by atoms with E-state index >= 15 is 0 Å². The van der Waals surface area contributed by atoms with Crippen LogP contribution < -0.4 is 0 Å². The van der Waals surface area contributed by atoms with E-state index in [1.54, 1.807) is 17.6 Å². The molecular weight excluding hydrogens is 286 g/mol. The van der Waals surface area contributed by atoms with Crippen LogP contribution in [0.15, 0.2) is 39.6 Å². The summed E-state index contributed by atoms with van der Waals surface area (Å²) in [7, 11) is 0. The van der Waals surface area contributed by atoms with Crippen LogP contribution in [0.1, 0.15) is 24.7 Å². The van der Waals surface area contributed by atoms with Crippen LogP contribution in [0.3, 0.4) is 0 Å². The Balaban J connectivity index is 1.71. The minimum absolute atomic E-state index is 0.324. The first-order valence-electron chi connectivity index (χ1n) is 7.29. The van der Waals surface area contributed by atoms with Crippen LogP contribution in [0, 0.1) is 0 Å². The molecular formula is C16H23NO3S. The zero-order valence-corrected chi connectivity index (χ0v) is 13.2. The second-order valence-corrected chi connectivity index (χ2v) is 5.90. The largest absolute Gasteiger partial charge is 0.467 e. The van der Waals surface area contributed by atoms with Crippen molar-refractivity contribution in [2.45, 2.75) is 32.6 Å². The maximum atomic E-state index is 10.1. The van der Waals surface area contributed by atoms with Crippen molar-refractivity contribution in [1.29, 1.82) is 0 Å². The lowest BCUT2D eigenvalue weighted by atomic mass is 10.2. The van der Waals surface area contributed by atoms with Gasteiger partial charge in [-0.3, -0.25) is 4.90 Å². The molecule has 0 saturated heterocycles. The SMILES string of the molecule is CCCN(Cc1ccsc1)CC(O)COCc1ccco1. The van der Waals surface area contributed by atoms with Crippen LogP contribution in [-0.2, 0) is 17.9 Å². The molecule has 0 aliphatic carbocycles. The molecule has 1 atom stereocenters. The van der Waals surface area contributed by atoms with Gasteiger partial charge >= 0.3 is 0 Å². The predicted molar refractivity (Wildman–Crippen MR) is 84.3 cm³/mol. The topological polar surface area (TPSA) is 45.8 Å². The molecule has 1 N–H and O–H groups in total. The third-order valence-corrected chi connectivity index (χ3v) is 3.86. The molecule has 0 amide bonds. The quantitative estimate of drug-likeness (QED) is 0.732. The Morgan fingerprint density at radius 2 is 2.33 bits per heavy atom. The smallest absolute Gasteiger partial charge is 0.129 e. The number of aliphatic hydroxyl groups is 1. The van der Waals surface area contributed by atoms with Crippen molar-refractivity contribution in [3.63, 3.8) is 0 Å². The number of furan rings is 1. The van der Waals surface area contributed by atoms with Gasteiger partial charge in [0, 0.05) is 13.1 Å². The monoisotopic (exact) mass is 309 g/mol. The number of nitrogens with zero attached hydrogens (tertiary/aromatic N) is 1. The lowest BCUT2D eigenvalue weighted by Crippen LogP contribution is -2.35. The van der Waals surface area contributed by atoms with Gasteiger partial charge in [0.1, 0.15) is 12.4 Å². The summed E-state index contributed by atoms with van der Waals surface area (Å²) < 4.78 is 10.7. The van der Waals surface area contributed by atoms with E-state index in [0.717, 1.165) is 25.3 Å². The van der Waals surface area contributed by atoms with E-state index in [0.29, 0.717) is 19.8 Å². The Kier molecular flexibility index (Phi) is 6.95. The number of rotatable bonds is 10. The number of hydrogen-bond donors (Lipinski definition) is 1. The normalized spacial score (nSPS) is 12.9. The molecule has 0 radical (unpaired) electrons. The van der Waals surface area contributed by atoms with E-state index in [2.05, 4.69) is 28.7 Å². The van der Waals surface area contributed by atoms with Gasteiger partial charge in [0.15, 0.2) is 0 Å². The molecule has 2 rings (SSSR count). The fraction of sp³-hybridized carbons (Fsp3) is 0.500. The Morgan fingerprint density at radius 1 is 1.43 bits per heavy atom. The van der Waals surface area contributed by atoms with Gasteiger partial charge in [0.05, 0.1) is 19.0 Å². The molecule has 0 bridgehead atoms. The highest BCUT2D eigenvalue weighted by molar-refractivity contribution is 7.07. The highest BCUT2D eigenvalue weighted by atomic mass is 32.1. The molecule has 0 spiro atoms. The molecule has 0 aromatic carbocycles. The summed E-state index contributed by atoms with van der Waals surface area (Å²) in [6, 6.07) is 5.83. The Labute approximate surface area is 130 Å². The molecule has 0 aliphatic heterocycles. The second-order valence-electron chi connectivity index (χ2n) is 5.12. The molecule has 5 heteroatoms. The van der Waals surface area contributed by atoms with Gasteiger partial charge < -0.3 is 14.3 Å². The van der Waals surface area contributed by atoms with Crippen LogP contribution in [0.4, 0.5) is 0 Å². The Hall–Kier alpha value is -1.14. The zero-order valence-electron chi connectivity index (χ0n) is 12.4. The van der Waals surface area contributed by atoms with E-state index in [9.17, 15) is 5.11 Å². The highest BCUT2D eigenvalue weighted by Crippen LogP contribution is 2.10. The van der Waals surface area contributed by atoms with Crippen molar-refractivity contribution >= 4 is 11.3 Å². The fourth-order valence-electron chi connectivity index (χ4n) is 2.23. The molecule has 21 heavy (non-hydrogen) atoms. The van der Waals surface area contributed by atoms with Crippen molar-refractivity contribution in [2.24, 2.45) is 0 Å². The number of ether oxygens (including phenoxy) is 1. The summed E-state index contributed by atoms with van der Waals surface area (Å²) >= 11 is 1.71. The predicted octanol–water partition coefficient (Wildman–Crippen LogP) is 3.13. The maximum absolute atomic E-state index is 10.1. The summed E-state index contributed by atoms with van der Waals surface area (Å²) in [5.74, 6) is 0.783. The van der Waals surface area contributed by atoms with Crippen LogP contribution in [0.25, 0.3) is 0 Å². The molecule has 0 aliphatic rings. The number of hydrogen-bond acceptors (Lipinski definition) is 5. The lowest BCUT2D eigenvalue weighted by molar-refractivity contribution is 0.00389. The molecule has 4 nitrogen and oxygen atoms in total. The van der Waals surface area contributed by atoms with Crippen molar-refractivity contribution in [1.82, 2.24) is 4.90 Å². The second kappa shape index (κ2) is 9.00. The van der Waals surface area contributed by atoms with Gasteiger partial charge in [-0.25, -0.2) is 0 Å². The molecule has 0 fully saturated rings. The average molecular weight is 309 g/mol. The molecule has 1 unspecified atom stereocenters. The van der Waals surface area contributed by atoms with Crippen molar-refractivity contribution in [2.75, 3.05) is 19.7 Å². The summed E-state index contributed by atoms with van der Waals surface area (Å²) in [6.07, 6.45) is 2.22. The van der Waals surface area contributed by atoms with Gasteiger partial charge in [0.25, 0.3) is 0 Å². The minimum Gasteiger partial charge on any atom is -0.467 e. The first-order valence-corrected chi connectivity index (χ1v) is 8.24. The third-order valence-electron chi connectivity index (χ3n) is 3.13. The van der Waals surface area contributed by atoms with Gasteiger partial charge in [-0.15, -0.1) is 0 Å². The Bertz CT molecular complexity index is 470. The van der Waals surface area contributed by atoms with Crippen LogP contribution in [-0.4, -0.2) is 35.8 Å². The van der Waals surface area contributed by atoms with Crippen LogP contribution in [0.5, 0.6) is 0 Å². The molecule has 0 saturated carbocycles. The van der Waals surface area contributed by atoms with Crippen LogP contribution >= 0.6 is 11.3 Å². The van der Waals surface area contributed by atoms with E-state index in [-0.39, 0.29) is 0 Å². The highest BCUT2D eigenvalue weighted by Gasteiger charge is 2.12. The van der Waals surface area contributed by atoms with Gasteiger partial charge in [0.2, 0.25) is 0 Å². The molecule has 116 valence electrons. The van der Waals surface area contributed by atoms with Crippen molar-refractivity contribution in [3.05, 3.63) is 46.5 Å². The lowest BCUT2D eigenvalue weighted by Gasteiger charge is -2.24. The van der Waals surface area contributed by atoms with E-state index < -0.39 is 6.10 Å². The van der Waals surface area contributed by atoms with Gasteiger partial charge in [-0.05, 0) is 47.5 Å². The van der Waals surface area contributed by atoms with Crippen molar-refractivity contribution in [3.8, 4) is 0 Å². The number of thiophene rings is 1. The first-order chi connectivity index (χ1) is 10.3. The summed E-state index contributed by atoms with van der Waals surface area (Å²) in [4.78, 5) is 2.27. The summed E-state index contributed by atoms with van der Waals surface area (Å²) in [6.45, 7) is 5.37. The minimum atomic E-state index is -0.481. The van der Waals surface area contributed by atoms with E-state index in [1.807, 2.05) is 12.1 Å². The van der Waals surface area contributed by atoms with Gasteiger partial charge in [-0.1, -0.05) is 6.92 Å². The van der Waals surface area contributed by atoms with Gasteiger partial charge in [-0.2, -0.15) is 11.3 Å². The number of aliphatic hydroxyl groups excluding tert-OH is 1.